The fourth-order valence-electron chi connectivity index (χ4n) is 5.80. The largest absolute Gasteiger partial charge is 0.409 e. The number of hydroxylamine groups is 2. The van der Waals surface area contributed by atoms with Crippen LogP contribution in [0.1, 0.15) is 73.6 Å². The van der Waals surface area contributed by atoms with Gasteiger partial charge in [0.15, 0.2) is 11.7 Å². The van der Waals surface area contributed by atoms with Crippen LogP contribution in [0.15, 0.2) is 30.6 Å². The fourth-order valence-corrected chi connectivity index (χ4v) is 5.80. The normalized spacial score (nSPS) is 28.2. The molecule has 0 amide bonds. The minimum atomic E-state index is -0.624. The third-order valence-corrected chi connectivity index (χ3v) is 8.20. The molecular weight excluding hydrogens is 536 g/mol. The molecule has 0 aliphatic carbocycles. The number of hydrogen-bond donors (Lipinski definition) is 10. The Hall–Kier alpha value is -3.66. The lowest BCUT2D eigenvalue weighted by atomic mass is 9.70. The molecule has 0 aromatic heterocycles. The number of oxime groups is 4. The maximum atomic E-state index is 9.70. The standard InChI is InChI=1S/C25H46N10O6/c1-24(2,3)16-10-14(20(32-38)28-22(16)34-40)8-12(18(26)30-36)7-13(19(27)31-37)9-15-11-17(25(4,5)6)23(35-41)29-21(15)33-39/h12-17,36-41H,7-11H2,1-6H3,(H2,26,30)(H2,27,31)(H,28,32,34)(H,29,33,35). The molecule has 232 valence electrons. The van der Waals surface area contributed by atoms with Crippen molar-refractivity contribution in [3.63, 3.8) is 0 Å². The lowest BCUT2D eigenvalue weighted by Gasteiger charge is -2.38. The van der Waals surface area contributed by atoms with Gasteiger partial charge < -0.3 is 32.3 Å². The van der Waals surface area contributed by atoms with Gasteiger partial charge in [0, 0.05) is 35.5 Å². The average molecular weight is 583 g/mol. The summed E-state index contributed by atoms with van der Waals surface area (Å²) in [6.07, 6.45) is 1.54. The molecular formula is C25H46N10O6. The summed E-state index contributed by atoms with van der Waals surface area (Å²) in [5, 5.41) is 71.0. The van der Waals surface area contributed by atoms with E-state index in [0.29, 0.717) is 12.8 Å². The van der Waals surface area contributed by atoms with Gasteiger partial charge in [-0.15, -0.1) is 0 Å². The molecule has 0 spiro atoms. The van der Waals surface area contributed by atoms with Crippen molar-refractivity contribution in [2.24, 2.45) is 88.4 Å². The van der Waals surface area contributed by atoms with Crippen LogP contribution in [0.25, 0.3) is 0 Å². The summed E-state index contributed by atoms with van der Waals surface area (Å²) in [4.78, 5) is 8.63. The lowest BCUT2D eigenvalue weighted by Crippen LogP contribution is -2.45. The molecule has 16 nitrogen and oxygen atoms in total. The molecule has 6 atom stereocenters. The smallest absolute Gasteiger partial charge is 0.172 e. The lowest BCUT2D eigenvalue weighted by molar-refractivity contribution is 0.191. The van der Waals surface area contributed by atoms with Gasteiger partial charge in [0.25, 0.3) is 0 Å². The predicted molar refractivity (Wildman–Crippen MR) is 153 cm³/mol. The molecule has 0 bridgehead atoms. The molecule has 0 radical (unpaired) electrons. The summed E-state index contributed by atoms with van der Waals surface area (Å²) in [5.74, 6) is -2.06. The van der Waals surface area contributed by atoms with E-state index in [4.69, 9.17) is 11.5 Å². The Labute approximate surface area is 239 Å². The second-order valence-electron chi connectivity index (χ2n) is 13.0. The Morgan fingerprint density at radius 2 is 1.10 bits per heavy atom. The number of nitrogens with two attached hydrogens (primary N) is 2. The molecule has 2 aliphatic rings. The first-order valence-electron chi connectivity index (χ1n) is 13.5. The van der Waals surface area contributed by atoms with Crippen LogP contribution < -0.4 is 22.4 Å². The summed E-state index contributed by atoms with van der Waals surface area (Å²) in [6, 6.07) is 0. The topological polar surface area (TPSA) is 272 Å². The molecule has 2 rings (SSSR count). The number of amidine groups is 6. The number of rotatable bonds is 8. The molecule has 2 heterocycles. The van der Waals surface area contributed by atoms with Gasteiger partial charge in [-0.25, -0.2) is 9.98 Å². The maximum absolute atomic E-state index is 9.70. The minimum absolute atomic E-state index is 0.0755. The third-order valence-electron chi connectivity index (χ3n) is 8.20. The van der Waals surface area contributed by atoms with Crippen LogP contribution >= 0.6 is 0 Å². The second kappa shape index (κ2) is 13.8. The number of nitrogens with one attached hydrogen (secondary N) is 2. The van der Waals surface area contributed by atoms with Crippen LogP contribution in [0.2, 0.25) is 0 Å². The highest BCUT2D eigenvalue weighted by molar-refractivity contribution is 6.02. The summed E-state index contributed by atoms with van der Waals surface area (Å²) < 4.78 is 0. The zero-order chi connectivity index (χ0) is 31.1. The highest BCUT2D eigenvalue weighted by Gasteiger charge is 2.42. The summed E-state index contributed by atoms with van der Waals surface area (Å²) >= 11 is 0. The van der Waals surface area contributed by atoms with Gasteiger partial charge in [0.2, 0.25) is 0 Å². The Bertz CT molecular complexity index is 1010. The van der Waals surface area contributed by atoms with Crippen molar-refractivity contribution in [3.8, 4) is 0 Å². The van der Waals surface area contributed by atoms with Crippen LogP contribution in [0.3, 0.4) is 0 Å². The van der Waals surface area contributed by atoms with Crippen molar-refractivity contribution in [3.05, 3.63) is 0 Å². The number of aliphatic imine (C=N–C) groups is 2. The van der Waals surface area contributed by atoms with Crippen molar-refractivity contribution in [1.29, 1.82) is 0 Å². The average Bonchev–Trinajstić information content (AvgIpc) is 2.93. The molecule has 12 N–H and O–H groups in total. The van der Waals surface area contributed by atoms with Gasteiger partial charge in [-0.1, -0.05) is 62.2 Å². The summed E-state index contributed by atoms with van der Waals surface area (Å²) in [5.41, 5.74) is 15.9. The predicted octanol–water partition coefficient (Wildman–Crippen LogP) is 2.58. The molecule has 2 aliphatic heterocycles. The van der Waals surface area contributed by atoms with E-state index in [-0.39, 0.29) is 76.9 Å². The first kappa shape index (κ1) is 33.5. The molecule has 6 unspecified atom stereocenters. The van der Waals surface area contributed by atoms with Crippen molar-refractivity contribution in [2.45, 2.75) is 73.6 Å². The SMILES string of the molecule is CC(C)(C)C1CC(CC(CC(CC2CC(C(C)(C)C)C(NO)=N/C2=N\O)/C(N)=N/O)/C(N)=N/O)/C(=N/O)N=C1NO. The van der Waals surface area contributed by atoms with Gasteiger partial charge in [-0.05, 0) is 42.9 Å². The van der Waals surface area contributed by atoms with Crippen molar-refractivity contribution < 1.29 is 31.2 Å². The highest BCUT2D eigenvalue weighted by Crippen LogP contribution is 2.41. The Kier molecular flexibility index (Phi) is 11.3. The van der Waals surface area contributed by atoms with Gasteiger partial charge in [-0.3, -0.25) is 21.4 Å². The molecule has 0 aromatic rings. The summed E-state index contributed by atoms with van der Waals surface area (Å²) in [7, 11) is 0. The van der Waals surface area contributed by atoms with Gasteiger partial charge in [0.05, 0.1) is 0 Å². The van der Waals surface area contributed by atoms with Crippen molar-refractivity contribution in [1.82, 2.24) is 11.0 Å². The van der Waals surface area contributed by atoms with E-state index in [0.717, 1.165) is 0 Å². The Morgan fingerprint density at radius 3 is 1.34 bits per heavy atom. The molecule has 0 fully saturated rings. The molecule has 16 heteroatoms. The van der Waals surface area contributed by atoms with Crippen LogP contribution in [0.5, 0.6) is 0 Å². The quantitative estimate of drug-likeness (QED) is 0.0864. The molecule has 0 saturated heterocycles. The van der Waals surface area contributed by atoms with Crippen molar-refractivity contribution >= 4 is 35.0 Å². The first-order valence-corrected chi connectivity index (χ1v) is 13.5. The Morgan fingerprint density at radius 1 is 0.756 bits per heavy atom. The third kappa shape index (κ3) is 8.19. The van der Waals surface area contributed by atoms with Gasteiger partial charge in [-0.2, -0.15) is 0 Å². The molecule has 41 heavy (non-hydrogen) atoms. The van der Waals surface area contributed by atoms with E-state index in [9.17, 15) is 31.2 Å². The fraction of sp³-hybridized carbons (Fsp3) is 0.760. The number of nitrogens with zero attached hydrogens (tertiary/aromatic N) is 6. The van der Waals surface area contributed by atoms with Crippen molar-refractivity contribution in [2.75, 3.05) is 0 Å². The highest BCUT2D eigenvalue weighted by atomic mass is 16.5. The monoisotopic (exact) mass is 582 g/mol. The van der Waals surface area contributed by atoms with E-state index in [1.807, 2.05) is 41.5 Å². The molecule has 0 saturated carbocycles. The van der Waals surface area contributed by atoms with E-state index < -0.39 is 23.7 Å². The zero-order valence-corrected chi connectivity index (χ0v) is 24.5. The zero-order valence-electron chi connectivity index (χ0n) is 24.5. The first-order chi connectivity index (χ1) is 19.1. The maximum Gasteiger partial charge on any atom is 0.172 e. The number of hydrogen-bond acceptors (Lipinski definition) is 12. The van der Waals surface area contributed by atoms with E-state index in [1.165, 1.54) is 0 Å². The minimum Gasteiger partial charge on any atom is -0.409 e. The van der Waals surface area contributed by atoms with Gasteiger partial charge in [0.1, 0.15) is 23.3 Å². The van der Waals surface area contributed by atoms with Crippen LogP contribution in [0, 0.1) is 46.3 Å². The van der Waals surface area contributed by atoms with Crippen LogP contribution in [-0.4, -0.2) is 66.3 Å². The van der Waals surface area contributed by atoms with Crippen LogP contribution in [-0.2, 0) is 0 Å². The van der Waals surface area contributed by atoms with Crippen LogP contribution in [0.4, 0.5) is 0 Å². The molecule has 0 aromatic carbocycles. The van der Waals surface area contributed by atoms with E-state index in [1.54, 1.807) is 0 Å². The van der Waals surface area contributed by atoms with Gasteiger partial charge >= 0.3 is 0 Å². The second-order valence-corrected chi connectivity index (χ2v) is 13.0. The van der Waals surface area contributed by atoms with E-state index >= 15 is 0 Å². The summed E-state index contributed by atoms with van der Waals surface area (Å²) in [6.45, 7) is 12.0. The Balaban J connectivity index is 2.42. The van der Waals surface area contributed by atoms with E-state index in [2.05, 4.69) is 41.6 Å².